The lowest BCUT2D eigenvalue weighted by Gasteiger charge is -2.16. The molecular weight excluding hydrogens is 256 g/mol. The average Bonchev–Trinajstić information content (AvgIpc) is 2.44. The molecule has 0 radical (unpaired) electrons. The first-order valence-corrected chi connectivity index (χ1v) is 6.83. The van der Waals surface area contributed by atoms with Crippen molar-refractivity contribution in [1.82, 2.24) is 10.6 Å². The van der Waals surface area contributed by atoms with Gasteiger partial charge in [-0.1, -0.05) is 25.1 Å². The van der Waals surface area contributed by atoms with Gasteiger partial charge in [0.25, 0.3) is 5.91 Å². The molecule has 1 aromatic rings. The molecular formula is C15H22N2O3. The quantitative estimate of drug-likeness (QED) is 0.672. The van der Waals surface area contributed by atoms with Gasteiger partial charge in [0.15, 0.2) is 0 Å². The van der Waals surface area contributed by atoms with Gasteiger partial charge in [-0.25, -0.2) is 0 Å². The Balaban J connectivity index is 2.77. The second-order valence-corrected chi connectivity index (χ2v) is 4.69. The molecule has 0 fully saturated rings. The van der Waals surface area contributed by atoms with Crippen molar-refractivity contribution >= 4 is 11.9 Å². The second-order valence-electron chi connectivity index (χ2n) is 4.69. The van der Waals surface area contributed by atoms with E-state index in [-0.39, 0.29) is 18.4 Å². The molecule has 1 amide bonds. The lowest BCUT2D eigenvalue weighted by Crippen LogP contribution is -2.36. The number of hydrogen-bond donors (Lipinski definition) is 3. The van der Waals surface area contributed by atoms with Gasteiger partial charge >= 0.3 is 5.97 Å². The Morgan fingerprint density at radius 1 is 1.30 bits per heavy atom. The second kappa shape index (κ2) is 8.32. The summed E-state index contributed by atoms with van der Waals surface area (Å²) in [5.41, 5.74) is 1.58. The summed E-state index contributed by atoms with van der Waals surface area (Å²) < 4.78 is 0. The molecule has 1 rings (SSSR count). The summed E-state index contributed by atoms with van der Waals surface area (Å²) in [6, 6.07) is 7.07. The predicted molar refractivity (Wildman–Crippen MR) is 77.9 cm³/mol. The van der Waals surface area contributed by atoms with Crippen molar-refractivity contribution in [2.75, 3.05) is 13.6 Å². The molecule has 20 heavy (non-hydrogen) atoms. The lowest BCUT2D eigenvalue weighted by molar-refractivity contribution is -0.137. The fourth-order valence-corrected chi connectivity index (χ4v) is 1.99. The molecule has 3 N–H and O–H groups in total. The van der Waals surface area contributed by atoms with Crippen LogP contribution in [0, 0.1) is 0 Å². The van der Waals surface area contributed by atoms with Crippen LogP contribution in [0.2, 0.25) is 0 Å². The topological polar surface area (TPSA) is 78.4 Å². The van der Waals surface area contributed by atoms with Crippen LogP contribution in [0.3, 0.4) is 0 Å². The maximum absolute atomic E-state index is 12.3. The van der Waals surface area contributed by atoms with Crippen LogP contribution in [0.4, 0.5) is 0 Å². The minimum atomic E-state index is -0.902. The third-order valence-electron chi connectivity index (χ3n) is 3.16. The van der Waals surface area contributed by atoms with E-state index in [1.807, 2.05) is 32.2 Å². The molecule has 1 atom stereocenters. The van der Waals surface area contributed by atoms with Gasteiger partial charge < -0.3 is 15.7 Å². The standard InChI is InChI=1S/C15H22N2O3/c1-3-12(10-14(18)19)17-15(20)13-7-5-4-6-11(13)8-9-16-2/h4-7,12,16H,3,8-10H2,1-2H3,(H,17,20)(H,18,19). The summed E-state index contributed by atoms with van der Waals surface area (Å²) >= 11 is 0. The molecule has 0 aromatic heterocycles. The zero-order valence-corrected chi connectivity index (χ0v) is 12.0. The minimum absolute atomic E-state index is 0.0546. The molecule has 0 heterocycles. The van der Waals surface area contributed by atoms with Crippen LogP contribution in [-0.4, -0.2) is 36.6 Å². The molecule has 110 valence electrons. The minimum Gasteiger partial charge on any atom is -0.481 e. The first-order chi connectivity index (χ1) is 9.58. The highest BCUT2D eigenvalue weighted by atomic mass is 16.4. The highest BCUT2D eigenvalue weighted by Crippen LogP contribution is 2.10. The molecule has 1 unspecified atom stereocenters. The fourth-order valence-electron chi connectivity index (χ4n) is 1.99. The number of likely N-dealkylation sites (N-methyl/N-ethyl adjacent to an activating group) is 1. The van der Waals surface area contributed by atoms with Crippen LogP contribution in [0.1, 0.15) is 35.7 Å². The maximum atomic E-state index is 12.3. The van der Waals surface area contributed by atoms with Crippen LogP contribution in [0.5, 0.6) is 0 Å². The van der Waals surface area contributed by atoms with Gasteiger partial charge in [0.2, 0.25) is 0 Å². The zero-order valence-electron chi connectivity index (χ0n) is 12.0. The van der Waals surface area contributed by atoms with Crippen LogP contribution < -0.4 is 10.6 Å². The van der Waals surface area contributed by atoms with E-state index in [9.17, 15) is 9.59 Å². The summed E-state index contributed by atoms with van der Waals surface area (Å²) in [5, 5.41) is 14.7. The Morgan fingerprint density at radius 3 is 2.60 bits per heavy atom. The van der Waals surface area contributed by atoms with E-state index >= 15 is 0 Å². The predicted octanol–water partition coefficient (Wildman–Crippen LogP) is 1.43. The Kier molecular flexibility index (Phi) is 6.73. The average molecular weight is 278 g/mol. The molecule has 1 aromatic carbocycles. The number of carbonyl (C=O) groups excluding carboxylic acids is 1. The number of amides is 1. The van der Waals surface area contributed by atoms with Crippen molar-refractivity contribution in [3.8, 4) is 0 Å². The van der Waals surface area contributed by atoms with E-state index in [4.69, 9.17) is 5.11 Å². The van der Waals surface area contributed by atoms with Gasteiger partial charge in [0.1, 0.15) is 0 Å². The Bertz CT molecular complexity index is 460. The molecule has 5 heteroatoms. The molecule has 0 bridgehead atoms. The largest absolute Gasteiger partial charge is 0.481 e. The number of carboxylic acids is 1. The molecule has 0 saturated carbocycles. The summed E-state index contributed by atoms with van der Waals surface area (Å²) in [6.07, 6.45) is 1.30. The van der Waals surface area contributed by atoms with Crippen molar-refractivity contribution in [2.24, 2.45) is 0 Å². The van der Waals surface area contributed by atoms with Crippen molar-refractivity contribution in [1.29, 1.82) is 0 Å². The van der Waals surface area contributed by atoms with Crippen molar-refractivity contribution in [2.45, 2.75) is 32.2 Å². The van der Waals surface area contributed by atoms with Gasteiger partial charge in [-0.2, -0.15) is 0 Å². The van der Waals surface area contributed by atoms with Gasteiger partial charge in [0.05, 0.1) is 6.42 Å². The monoisotopic (exact) mass is 278 g/mol. The molecule has 0 saturated heterocycles. The zero-order chi connectivity index (χ0) is 15.0. The van der Waals surface area contributed by atoms with E-state index in [0.717, 1.165) is 18.5 Å². The van der Waals surface area contributed by atoms with E-state index in [2.05, 4.69) is 10.6 Å². The molecule has 0 aliphatic carbocycles. The van der Waals surface area contributed by atoms with Gasteiger partial charge in [-0.15, -0.1) is 0 Å². The maximum Gasteiger partial charge on any atom is 0.305 e. The number of rotatable bonds is 8. The van der Waals surface area contributed by atoms with E-state index < -0.39 is 5.97 Å². The Labute approximate surface area is 119 Å². The summed E-state index contributed by atoms with van der Waals surface area (Å²) in [5.74, 6) is -1.11. The first kappa shape index (κ1) is 16.2. The number of benzene rings is 1. The summed E-state index contributed by atoms with van der Waals surface area (Å²) in [4.78, 5) is 23.0. The third kappa shape index (κ3) is 5.01. The fraction of sp³-hybridized carbons (Fsp3) is 0.467. The Morgan fingerprint density at radius 2 is 2.00 bits per heavy atom. The molecule has 0 aliphatic rings. The van der Waals surface area contributed by atoms with E-state index in [1.54, 1.807) is 6.07 Å². The molecule has 5 nitrogen and oxygen atoms in total. The molecule has 0 spiro atoms. The highest BCUT2D eigenvalue weighted by molar-refractivity contribution is 5.96. The first-order valence-electron chi connectivity index (χ1n) is 6.83. The van der Waals surface area contributed by atoms with Crippen molar-refractivity contribution in [3.05, 3.63) is 35.4 Å². The summed E-state index contributed by atoms with van der Waals surface area (Å²) in [6.45, 7) is 2.65. The van der Waals surface area contributed by atoms with Crippen LogP contribution in [0.25, 0.3) is 0 Å². The van der Waals surface area contributed by atoms with Gasteiger partial charge in [0, 0.05) is 11.6 Å². The number of aliphatic carboxylic acids is 1. The smallest absolute Gasteiger partial charge is 0.305 e. The number of nitrogens with one attached hydrogen (secondary N) is 2. The number of carboxylic acid groups (broad SMARTS) is 1. The SMILES string of the molecule is CCC(CC(=O)O)NC(=O)c1ccccc1CCNC. The van der Waals surface area contributed by atoms with Crippen molar-refractivity contribution < 1.29 is 14.7 Å². The van der Waals surface area contributed by atoms with Crippen LogP contribution in [-0.2, 0) is 11.2 Å². The lowest BCUT2D eigenvalue weighted by atomic mass is 10.0. The van der Waals surface area contributed by atoms with E-state index in [1.165, 1.54) is 0 Å². The Hall–Kier alpha value is -1.88. The molecule has 0 aliphatic heterocycles. The number of carbonyl (C=O) groups is 2. The highest BCUT2D eigenvalue weighted by Gasteiger charge is 2.17. The summed E-state index contributed by atoms with van der Waals surface area (Å²) in [7, 11) is 1.86. The van der Waals surface area contributed by atoms with Crippen LogP contribution >= 0.6 is 0 Å². The number of hydrogen-bond acceptors (Lipinski definition) is 3. The van der Waals surface area contributed by atoms with Crippen LogP contribution in [0.15, 0.2) is 24.3 Å². The van der Waals surface area contributed by atoms with Gasteiger partial charge in [-0.05, 0) is 38.1 Å². The normalized spacial score (nSPS) is 11.9. The van der Waals surface area contributed by atoms with E-state index in [0.29, 0.717) is 12.0 Å². The van der Waals surface area contributed by atoms with Gasteiger partial charge in [-0.3, -0.25) is 9.59 Å². The third-order valence-corrected chi connectivity index (χ3v) is 3.16. The van der Waals surface area contributed by atoms with Crippen molar-refractivity contribution in [3.63, 3.8) is 0 Å².